The van der Waals surface area contributed by atoms with E-state index in [1.54, 1.807) is 0 Å². The first-order valence-electron chi connectivity index (χ1n) is 8.44. The van der Waals surface area contributed by atoms with Crippen LogP contribution in [-0.4, -0.2) is 93.0 Å². The van der Waals surface area contributed by atoms with E-state index in [1.807, 2.05) is 28.2 Å². The van der Waals surface area contributed by atoms with Gasteiger partial charge < -0.3 is 9.80 Å². The molecule has 1 heterocycles. The lowest BCUT2D eigenvalue weighted by Crippen LogP contribution is -2.46. The Morgan fingerprint density at radius 2 is 1.46 bits per heavy atom. The predicted molar refractivity (Wildman–Crippen MR) is 113 cm³/mol. The number of guanidine groups is 1. The number of benzene rings is 1. The van der Waals surface area contributed by atoms with Crippen molar-refractivity contribution in [2.75, 3.05) is 67.5 Å². The summed E-state index contributed by atoms with van der Waals surface area (Å²) in [5.74, 6) is 1.03. The van der Waals surface area contributed by atoms with Gasteiger partial charge in [0.05, 0.1) is 6.54 Å². The highest BCUT2D eigenvalue weighted by atomic mass is 127. The molecule has 0 radical (unpaired) electrons. The van der Waals surface area contributed by atoms with Crippen LogP contribution in [0.3, 0.4) is 0 Å². The second-order valence-electron chi connectivity index (χ2n) is 6.57. The molecular formula is C18H32IN5. The van der Waals surface area contributed by atoms with E-state index in [2.05, 4.69) is 49.9 Å². The number of rotatable bonds is 5. The van der Waals surface area contributed by atoms with E-state index in [1.165, 1.54) is 5.56 Å². The first-order chi connectivity index (χ1) is 11.1. The van der Waals surface area contributed by atoms with E-state index in [4.69, 9.17) is 4.99 Å². The number of aliphatic imine (C=N–C) groups is 1. The molecule has 0 amide bonds. The second kappa shape index (κ2) is 10.9. The Kier molecular flexibility index (Phi) is 9.61. The van der Waals surface area contributed by atoms with Crippen LogP contribution in [0.5, 0.6) is 0 Å². The van der Waals surface area contributed by atoms with Crippen molar-refractivity contribution >= 4 is 29.9 Å². The maximum atomic E-state index is 4.72. The summed E-state index contributed by atoms with van der Waals surface area (Å²) in [6.07, 6.45) is 0. The SMILES string of the molecule is CN(C)C(=NCCN1CCN(Cc2ccccc2)CC1)N(C)C.I. The molecule has 2 rings (SSSR count). The molecule has 0 unspecified atom stereocenters. The molecule has 1 aliphatic rings. The van der Waals surface area contributed by atoms with Crippen molar-refractivity contribution in [2.45, 2.75) is 6.54 Å². The van der Waals surface area contributed by atoms with Crippen LogP contribution in [0.1, 0.15) is 5.56 Å². The zero-order chi connectivity index (χ0) is 16.7. The number of hydrogen-bond donors (Lipinski definition) is 0. The van der Waals surface area contributed by atoms with Gasteiger partial charge in [-0.3, -0.25) is 14.8 Å². The molecular weight excluding hydrogens is 413 g/mol. The van der Waals surface area contributed by atoms with Crippen molar-refractivity contribution in [2.24, 2.45) is 4.99 Å². The first kappa shape index (κ1) is 21.2. The van der Waals surface area contributed by atoms with Crippen LogP contribution in [0.25, 0.3) is 0 Å². The summed E-state index contributed by atoms with van der Waals surface area (Å²) in [5.41, 5.74) is 1.41. The maximum absolute atomic E-state index is 4.72. The molecule has 0 aromatic heterocycles. The molecule has 24 heavy (non-hydrogen) atoms. The summed E-state index contributed by atoms with van der Waals surface area (Å²) in [7, 11) is 8.17. The van der Waals surface area contributed by atoms with Crippen LogP contribution in [0.15, 0.2) is 35.3 Å². The van der Waals surface area contributed by atoms with Crippen molar-refractivity contribution in [1.82, 2.24) is 19.6 Å². The standard InChI is InChI=1S/C18H31N5.HI/c1-20(2)18(21(3)4)19-10-11-22-12-14-23(15-13-22)16-17-8-6-5-7-9-17;/h5-9H,10-16H2,1-4H3;1H. The smallest absolute Gasteiger partial charge is 0.195 e. The minimum absolute atomic E-state index is 0. The van der Waals surface area contributed by atoms with Crippen LogP contribution < -0.4 is 0 Å². The first-order valence-corrected chi connectivity index (χ1v) is 8.44. The Bertz CT molecular complexity index is 471. The molecule has 0 bridgehead atoms. The number of nitrogens with zero attached hydrogens (tertiary/aromatic N) is 5. The van der Waals surface area contributed by atoms with Crippen LogP contribution in [0.2, 0.25) is 0 Å². The summed E-state index contributed by atoms with van der Waals surface area (Å²) in [6, 6.07) is 10.8. The third-order valence-corrected chi connectivity index (χ3v) is 4.18. The number of hydrogen-bond acceptors (Lipinski definition) is 3. The largest absolute Gasteiger partial charge is 0.349 e. The van der Waals surface area contributed by atoms with Gasteiger partial charge in [-0.05, 0) is 5.56 Å². The Morgan fingerprint density at radius 3 is 2.00 bits per heavy atom. The Hall–Kier alpha value is -0.860. The van der Waals surface area contributed by atoms with Crippen molar-refractivity contribution in [3.05, 3.63) is 35.9 Å². The van der Waals surface area contributed by atoms with Gasteiger partial charge in [0.15, 0.2) is 5.96 Å². The van der Waals surface area contributed by atoms with Crippen LogP contribution in [0.4, 0.5) is 0 Å². The molecule has 0 atom stereocenters. The van der Waals surface area contributed by atoms with Gasteiger partial charge in [0, 0.05) is 67.5 Å². The predicted octanol–water partition coefficient (Wildman–Crippen LogP) is 1.90. The van der Waals surface area contributed by atoms with Crippen LogP contribution in [0, 0.1) is 0 Å². The van der Waals surface area contributed by atoms with Crippen molar-refractivity contribution in [1.29, 1.82) is 0 Å². The van der Waals surface area contributed by atoms with Gasteiger partial charge in [0.2, 0.25) is 0 Å². The Balaban J connectivity index is 0.00000288. The molecule has 1 fully saturated rings. The van der Waals surface area contributed by atoms with Crippen molar-refractivity contribution in [3.8, 4) is 0 Å². The minimum atomic E-state index is 0. The lowest BCUT2D eigenvalue weighted by Gasteiger charge is -2.34. The van der Waals surface area contributed by atoms with Gasteiger partial charge in [-0.15, -0.1) is 24.0 Å². The van der Waals surface area contributed by atoms with E-state index >= 15 is 0 Å². The molecule has 6 heteroatoms. The molecule has 1 aliphatic heterocycles. The average molecular weight is 445 g/mol. The van der Waals surface area contributed by atoms with E-state index in [0.717, 1.165) is 51.8 Å². The summed E-state index contributed by atoms with van der Waals surface area (Å²) < 4.78 is 0. The fourth-order valence-corrected chi connectivity index (χ4v) is 2.99. The van der Waals surface area contributed by atoms with Crippen LogP contribution in [-0.2, 0) is 6.54 Å². The monoisotopic (exact) mass is 445 g/mol. The average Bonchev–Trinajstić information content (AvgIpc) is 2.53. The fraction of sp³-hybridized carbons (Fsp3) is 0.611. The van der Waals surface area contributed by atoms with Gasteiger partial charge >= 0.3 is 0 Å². The van der Waals surface area contributed by atoms with Crippen LogP contribution >= 0.6 is 24.0 Å². The molecule has 5 nitrogen and oxygen atoms in total. The highest BCUT2D eigenvalue weighted by molar-refractivity contribution is 14.0. The van der Waals surface area contributed by atoms with Gasteiger partial charge in [0.1, 0.15) is 0 Å². The summed E-state index contributed by atoms with van der Waals surface area (Å²) in [5, 5.41) is 0. The topological polar surface area (TPSA) is 25.3 Å². The van der Waals surface area contributed by atoms with Crippen molar-refractivity contribution in [3.63, 3.8) is 0 Å². The zero-order valence-electron chi connectivity index (χ0n) is 15.5. The van der Waals surface area contributed by atoms with E-state index in [0.29, 0.717) is 0 Å². The maximum Gasteiger partial charge on any atom is 0.195 e. The van der Waals surface area contributed by atoms with E-state index in [-0.39, 0.29) is 24.0 Å². The van der Waals surface area contributed by atoms with Gasteiger partial charge in [0.25, 0.3) is 0 Å². The summed E-state index contributed by atoms with van der Waals surface area (Å²) >= 11 is 0. The lowest BCUT2D eigenvalue weighted by atomic mass is 10.2. The molecule has 1 aromatic carbocycles. The van der Waals surface area contributed by atoms with Gasteiger partial charge in [-0.1, -0.05) is 30.3 Å². The molecule has 0 spiro atoms. The number of piperazine rings is 1. The Labute approximate surface area is 164 Å². The second-order valence-corrected chi connectivity index (χ2v) is 6.57. The summed E-state index contributed by atoms with van der Waals surface area (Å²) in [6.45, 7) is 7.55. The molecule has 0 aliphatic carbocycles. The summed E-state index contributed by atoms with van der Waals surface area (Å²) in [4.78, 5) is 13.9. The molecule has 0 N–H and O–H groups in total. The third-order valence-electron chi connectivity index (χ3n) is 4.18. The zero-order valence-corrected chi connectivity index (χ0v) is 17.8. The molecule has 136 valence electrons. The van der Waals surface area contributed by atoms with E-state index < -0.39 is 0 Å². The normalized spacial score (nSPS) is 15.5. The quantitative estimate of drug-likeness (QED) is 0.393. The Morgan fingerprint density at radius 1 is 0.917 bits per heavy atom. The highest BCUT2D eigenvalue weighted by Gasteiger charge is 2.16. The fourth-order valence-electron chi connectivity index (χ4n) is 2.99. The molecule has 0 saturated carbocycles. The van der Waals surface area contributed by atoms with Gasteiger partial charge in [-0.25, -0.2) is 0 Å². The molecule has 1 aromatic rings. The van der Waals surface area contributed by atoms with Gasteiger partial charge in [-0.2, -0.15) is 0 Å². The molecule has 1 saturated heterocycles. The highest BCUT2D eigenvalue weighted by Crippen LogP contribution is 2.08. The lowest BCUT2D eigenvalue weighted by molar-refractivity contribution is 0.130. The minimum Gasteiger partial charge on any atom is -0.349 e. The van der Waals surface area contributed by atoms with Crippen molar-refractivity contribution < 1.29 is 0 Å². The number of halogens is 1. The third kappa shape index (κ3) is 6.94. The van der Waals surface area contributed by atoms with E-state index in [9.17, 15) is 0 Å².